The number of hydrogen-bond acceptors (Lipinski definition) is 2. The number of alkyl halides is 1. The maximum atomic E-state index is 3.80. The largest absolute Gasteiger partial charge is 0.159 e. The molecular weight excluding hydrogens is 248 g/mol. The van der Waals surface area contributed by atoms with Gasteiger partial charge in [-0.05, 0) is 12.1 Å². The number of halogens is 2. The summed E-state index contributed by atoms with van der Waals surface area (Å²) in [6, 6.07) is 3.78. The first-order chi connectivity index (χ1) is 3.93. The SMILES string of the molecule is Br.BrCc1cccnn1. The molecule has 0 aliphatic carbocycles. The van der Waals surface area contributed by atoms with Crippen LogP contribution in [0.4, 0.5) is 0 Å². The molecule has 1 rings (SSSR count). The zero-order valence-electron chi connectivity index (χ0n) is 4.62. The van der Waals surface area contributed by atoms with Gasteiger partial charge in [0.05, 0.1) is 5.69 Å². The molecule has 1 heterocycles. The minimum absolute atomic E-state index is 0. The topological polar surface area (TPSA) is 25.8 Å². The van der Waals surface area contributed by atoms with E-state index in [2.05, 4.69) is 26.1 Å². The molecular formula is C5H6Br2N2. The fraction of sp³-hybridized carbons (Fsp3) is 0.200. The van der Waals surface area contributed by atoms with Gasteiger partial charge in [-0.1, -0.05) is 15.9 Å². The van der Waals surface area contributed by atoms with Crippen LogP contribution in [0.25, 0.3) is 0 Å². The molecule has 0 unspecified atom stereocenters. The molecule has 1 aromatic rings. The predicted octanol–water partition coefficient (Wildman–Crippen LogP) is 1.95. The van der Waals surface area contributed by atoms with Crippen LogP contribution in [0.1, 0.15) is 5.69 Å². The second-order valence-electron chi connectivity index (χ2n) is 1.35. The van der Waals surface area contributed by atoms with Crippen LogP contribution >= 0.6 is 32.9 Å². The van der Waals surface area contributed by atoms with Gasteiger partial charge < -0.3 is 0 Å². The van der Waals surface area contributed by atoms with Crippen LogP contribution in [-0.4, -0.2) is 10.2 Å². The highest BCUT2D eigenvalue weighted by atomic mass is 79.9. The van der Waals surface area contributed by atoms with Crippen molar-refractivity contribution in [2.45, 2.75) is 5.33 Å². The molecule has 0 aliphatic heterocycles. The van der Waals surface area contributed by atoms with Gasteiger partial charge in [-0.3, -0.25) is 0 Å². The summed E-state index contributed by atoms with van der Waals surface area (Å²) >= 11 is 3.25. The number of rotatable bonds is 1. The average Bonchev–Trinajstić information content (AvgIpc) is 1.90. The molecule has 0 amide bonds. The Hall–Kier alpha value is 0.0400. The highest BCUT2D eigenvalue weighted by Gasteiger charge is 1.84. The van der Waals surface area contributed by atoms with Gasteiger partial charge in [0.1, 0.15) is 0 Å². The van der Waals surface area contributed by atoms with Crippen molar-refractivity contribution in [1.29, 1.82) is 0 Å². The third-order valence-electron chi connectivity index (χ3n) is 0.764. The van der Waals surface area contributed by atoms with Gasteiger partial charge in [-0.15, -0.1) is 17.0 Å². The first kappa shape index (κ1) is 9.04. The number of nitrogens with zero attached hydrogens (tertiary/aromatic N) is 2. The van der Waals surface area contributed by atoms with E-state index in [1.54, 1.807) is 6.20 Å². The van der Waals surface area contributed by atoms with E-state index >= 15 is 0 Å². The second-order valence-corrected chi connectivity index (χ2v) is 1.91. The standard InChI is InChI=1S/C5H5BrN2.BrH/c6-4-5-2-1-3-7-8-5;/h1-3H,4H2;1H. The fourth-order valence-corrected chi connectivity index (χ4v) is 0.704. The summed E-state index contributed by atoms with van der Waals surface area (Å²) in [7, 11) is 0. The Morgan fingerprint density at radius 3 is 2.67 bits per heavy atom. The van der Waals surface area contributed by atoms with Crippen LogP contribution in [0.2, 0.25) is 0 Å². The molecule has 0 N–H and O–H groups in total. The third-order valence-corrected chi connectivity index (χ3v) is 1.34. The Kier molecular flexibility index (Phi) is 4.90. The molecule has 0 atom stereocenters. The first-order valence-corrected chi connectivity index (χ1v) is 3.38. The van der Waals surface area contributed by atoms with Crippen molar-refractivity contribution in [2.75, 3.05) is 0 Å². The van der Waals surface area contributed by atoms with Crippen molar-refractivity contribution in [3.8, 4) is 0 Å². The van der Waals surface area contributed by atoms with E-state index in [-0.39, 0.29) is 17.0 Å². The maximum absolute atomic E-state index is 3.80. The molecule has 4 heteroatoms. The van der Waals surface area contributed by atoms with E-state index in [9.17, 15) is 0 Å². The van der Waals surface area contributed by atoms with Crippen LogP contribution in [0.3, 0.4) is 0 Å². The summed E-state index contributed by atoms with van der Waals surface area (Å²) in [5.41, 5.74) is 0.965. The maximum Gasteiger partial charge on any atom is 0.0736 e. The Bertz CT molecular complexity index is 154. The van der Waals surface area contributed by atoms with Crippen molar-refractivity contribution in [2.24, 2.45) is 0 Å². The van der Waals surface area contributed by atoms with E-state index in [0.717, 1.165) is 11.0 Å². The van der Waals surface area contributed by atoms with Gasteiger partial charge in [0.15, 0.2) is 0 Å². The minimum atomic E-state index is 0. The lowest BCUT2D eigenvalue weighted by Crippen LogP contribution is -1.84. The molecule has 0 bridgehead atoms. The molecule has 9 heavy (non-hydrogen) atoms. The van der Waals surface area contributed by atoms with Gasteiger partial charge in [-0.25, -0.2) is 0 Å². The fourth-order valence-electron chi connectivity index (χ4n) is 0.405. The predicted molar refractivity (Wildman–Crippen MR) is 45.0 cm³/mol. The Morgan fingerprint density at radius 1 is 1.56 bits per heavy atom. The highest BCUT2D eigenvalue weighted by Crippen LogP contribution is 1.96. The lowest BCUT2D eigenvalue weighted by atomic mass is 10.4. The van der Waals surface area contributed by atoms with Gasteiger partial charge in [0, 0.05) is 11.5 Å². The lowest BCUT2D eigenvalue weighted by Gasteiger charge is -1.86. The molecule has 0 aliphatic rings. The molecule has 0 saturated heterocycles. The Labute approximate surface area is 72.6 Å². The van der Waals surface area contributed by atoms with Crippen LogP contribution in [0.15, 0.2) is 18.3 Å². The normalized spacial score (nSPS) is 8.11. The van der Waals surface area contributed by atoms with Crippen LogP contribution < -0.4 is 0 Å². The molecule has 0 saturated carbocycles. The van der Waals surface area contributed by atoms with Crippen molar-refractivity contribution < 1.29 is 0 Å². The van der Waals surface area contributed by atoms with Crippen molar-refractivity contribution in [3.05, 3.63) is 24.0 Å². The molecule has 1 aromatic heterocycles. The smallest absolute Gasteiger partial charge is 0.0736 e. The monoisotopic (exact) mass is 252 g/mol. The summed E-state index contributed by atoms with van der Waals surface area (Å²) in [4.78, 5) is 0. The van der Waals surface area contributed by atoms with E-state index in [1.165, 1.54) is 0 Å². The average molecular weight is 254 g/mol. The van der Waals surface area contributed by atoms with E-state index in [0.29, 0.717) is 0 Å². The summed E-state index contributed by atoms with van der Waals surface area (Å²) < 4.78 is 0. The second kappa shape index (κ2) is 4.88. The van der Waals surface area contributed by atoms with E-state index in [1.807, 2.05) is 12.1 Å². The Morgan fingerprint density at radius 2 is 2.33 bits per heavy atom. The van der Waals surface area contributed by atoms with Crippen LogP contribution in [-0.2, 0) is 5.33 Å². The van der Waals surface area contributed by atoms with Crippen molar-refractivity contribution in [1.82, 2.24) is 10.2 Å². The summed E-state index contributed by atoms with van der Waals surface area (Å²) in [6.07, 6.45) is 1.66. The zero-order valence-corrected chi connectivity index (χ0v) is 7.92. The van der Waals surface area contributed by atoms with Gasteiger partial charge in [0.25, 0.3) is 0 Å². The van der Waals surface area contributed by atoms with Gasteiger partial charge in [-0.2, -0.15) is 10.2 Å². The van der Waals surface area contributed by atoms with Crippen LogP contribution in [0.5, 0.6) is 0 Å². The quantitative estimate of drug-likeness (QED) is 0.715. The highest BCUT2D eigenvalue weighted by molar-refractivity contribution is 9.08. The molecule has 0 radical (unpaired) electrons. The summed E-state index contributed by atoms with van der Waals surface area (Å²) in [5, 5.41) is 8.25. The van der Waals surface area contributed by atoms with Gasteiger partial charge in [0.2, 0.25) is 0 Å². The third kappa shape index (κ3) is 2.91. The molecule has 50 valence electrons. The zero-order chi connectivity index (χ0) is 5.82. The molecule has 0 fully saturated rings. The van der Waals surface area contributed by atoms with E-state index < -0.39 is 0 Å². The minimum Gasteiger partial charge on any atom is -0.159 e. The van der Waals surface area contributed by atoms with Crippen molar-refractivity contribution in [3.63, 3.8) is 0 Å². The molecule has 0 spiro atoms. The number of aromatic nitrogens is 2. The lowest BCUT2D eigenvalue weighted by molar-refractivity contribution is 0.974. The first-order valence-electron chi connectivity index (χ1n) is 2.26. The number of hydrogen-bond donors (Lipinski definition) is 0. The Balaban J connectivity index is 0.000000640. The van der Waals surface area contributed by atoms with Crippen LogP contribution in [0, 0.1) is 0 Å². The van der Waals surface area contributed by atoms with Gasteiger partial charge >= 0.3 is 0 Å². The van der Waals surface area contributed by atoms with E-state index in [4.69, 9.17) is 0 Å². The molecule has 0 aromatic carbocycles. The van der Waals surface area contributed by atoms with Crippen molar-refractivity contribution >= 4 is 32.9 Å². The molecule has 2 nitrogen and oxygen atoms in total. The summed E-state index contributed by atoms with van der Waals surface area (Å²) in [6.45, 7) is 0. The summed E-state index contributed by atoms with van der Waals surface area (Å²) in [5.74, 6) is 0.